The summed E-state index contributed by atoms with van der Waals surface area (Å²) in [7, 11) is 0. The molecule has 3 N–H and O–H groups in total. The number of rotatable bonds is 9. The van der Waals surface area contributed by atoms with Crippen LogP contribution in [-0.2, 0) is 11.3 Å². The highest BCUT2D eigenvalue weighted by Gasteiger charge is 2.16. The van der Waals surface area contributed by atoms with Crippen LogP contribution in [0, 0.1) is 0 Å². The van der Waals surface area contributed by atoms with E-state index in [2.05, 4.69) is 5.32 Å². The summed E-state index contributed by atoms with van der Waals surface area (Å²) in [5.74, 6) is 0.642. The van der Waals surface area contributed by atoms with Crippen molar-refractivity contribution in [3.05, 3.63) is 24.2 Å². The summed E-state index contributed by atoms with van der Waals surface area (Å²) in [6, 6.07) is 3.46. The minimum Gasteiger partial charge on any atom is -0.467 e. The zero-order valence-corrected chi connectivity index (χ0v) is 9.76. The Labute approximate surface area is 103 Å². The Bertz CT molecular complexity index is 308. The van der Waals surface area contributed by atoms with Gasteiger partial charge in [0.1, 0.15) is 18.5 Å². The minimum absolute atomic E-state index is 0.0540. The molecule has 0 aliphatic rings. The van der Waals surface area contributed by atoms with Crippen LogP contribution >= 0.6 is 0 Å². The molecule has 104 valence electrons. The summed E-state index contributed by atoms with van der Waals surface area (Å²) in [4.78, 5) is 0. The maximum Gasteiger partial charge on any atom is 0.265 e. The number of hydrogen-bond donors (Lipinski definition) is 3. The number of aliphatic hydroxyl groups is 2. The van der Waals surface area contributed by atoms with Crippen LogP contribution in [0.3, 0.4) is 0 Å². The first kappa shape index (κ1) is 15.0. The average Bonchev–Trinajstić information content (AvgIpc) is 2.81. The van der Waals surface area contributed by atoms with Gasteiger partial charge in [0, 0.05) is 13.1 Å². The molecule has 0 spiro atoms. The zero-order chi connectivity index (χ0) is 13.4. The molecule has 5 nitrogen and oxygen atoms in total. The average molecular weight is 265 g/mol. The molecule has 0 saturated carbocycles. The van der Waals surface area contributed by atoms with E-state index in [1.165, 1.54) is 6.26 Å². The van der Waals surface area contributed by atoms with Crippen molar-refractivity contribution in [3.63, 3.8) is 0 Å². The van der Waals surface area contributed by atoms with Crippen LogP contribution in [0.5, 0.6) is 0 Å². The van der Waals surface area contributed by atoms with E-state index < -0.39 is 18.6 Å². The highest BCUT2D eigenvalue weighted by Crippen LogP contribution is 2.02. The van der Waals surface area contributed by atoms with Gasteiger partial charge in [0.25, 0.3) is 6.43 Å². The summed E-state index contributed by atoms with van der Waals surface area (Å²) >= 11 is 0. The van der Waals surface area contributed by atoms with Crippen LogP contribution < -0.4 is 5.32 Å². The fraction of sp³-hybridized carbons (Fsp3) is 0.636. The molecule has 1 aromatic rings. The first-order valence-corrected chi connectivity index (χ1v) is 5.54. The second kappa shape index (κ2) is 8.15. The van der Waals surface area contributed by atoms with Crippen molar-refractivity contribution >= 4 is 0 Å². The lowest BCUT2D eigenvalue weighted by Crippen LogP contribution is -2.37. The number of alkyl halides is 2. The quantitative estimate of drug-likeness (QED) is 0.601. The number of aliphatic hydroxyl groups excluding tert-OH is 2. The van der Waals surface area contributed by atoms with Crippen molar-refractivity contribution in [1.82, 2.24) is 5.32 Å². The predicted molar refractivity (Wildman–Crippen MR) is 59.3 cm³/mol. The van der Waals surface area contributed by atoms with Gasteiger partial charge in [-0.2, -0.15) is 0 Å². The molecule has 2 atom stereocenters. The van der Waals surface area contributed by atoms with Crippen LogP contribution in [-0.4, -0.2) is 48.5 Å². The maximum absolute atomic E-state index is 11.9. The van der Waals surface area contributed by atoms with Gasteiger partial charge in [0.05, 0.1) is 19.0 Å². The highest BCUT2D eigenvalue weighted by atomic mass is 19.3. The molecular formula is C11H17F2NO4. The summed E-state index contributed by atoms with van der Waals surface area (Å²) in [6.07, 6.45) is -3.82. The third kappa shape index (κ3) is 6.06. The van der Waals surface area contributed by atoms with Gasteiger partial charge in [-0.3, -0.25) is 0 Å². The van der Waals surface area contributed by atoms with Gasteiger partial charge in [-0.05, 0) is 12.1 Å². The Balaban J connectivity index is 2.02. The maximum atomic E-state index is 11.9. The van der Waals surface area contributed by atoms with E-state index >= 15 is 0 Å². The SMILES string of the molecule is OC(CNCC(O)C(F)F)COCc1ccco1. The van der Waals surface area contributed by atoms with Crippen LogP contribution in [0.2, 0.25) is 0 Å². The number of ether oxygens (including phenoxy) is 1. The van der Waals surface area contributed by atoms with E-state index in [1.54, 1.807) is 12.1 Å². The van der Waals surface area contributed by atoms with E-state index in [1.807, 2.05) is 0 Å². The first-order valence-electron chi connectivity index (χ1n) is 5.54. The normalized spacial score (nSPS) is 14.9. The smallest absolute Gasteiger partial charge is 0.265 e. The molecule has 1 heterocycles. The van der Waals surface area contributed by atoms with Gasteiger partial charge in [0.15, 0.2) is 0 Å². The largest absolute Gasteiger partial charge is 0.467 e. The molecular weight excluding hydrogens is 248 g/mol. The fourth-order valence-electron chi connectivity index (χ4n) is 1.24. The van der Waals surface area contributed by atoms with Gasteiger partial charge in [-0.25, -0.2) is 8.78 Å². The lowest BCUT2D eigenvalue weighted by molar-refractivity contribution is -0.00875. The summed E-state index contributed by atoms with van der Waals surface area (Å²) in [5.41, 5.74) is 0. The van der Waals surface area contributed by atoms with E-state index in [-0.39, 0.29) is 26.3 Å². The van der Waals surface area contributed by atoms with E-state index in [4.69, 9.17) is 14.3 Å². The third-order valence-electron chi connectivity index (χ3n) is 2.16. The Hall–Kier alpha value is -1.02. The van der Waals surface area contributed by atoms with Gasteiger partial charge in [-0.1, -0.05) is 0 Å². The number of nitrogens with one attached hydrogen (secondary N) is 1. The Morgan fingerprint density at radius 2 is 2.11 bits per heavy atom. The zero-order valence-electron chi connectivity index (χ0n) is 9.76. The molecule has 1 aromatic heterocycles. The van der Waals surface area contributed by atoms with Gasteiger partial charge < -0.3 is 24.7 Å². The second-order valence-corrected chi connectivity index (χ2v) is 3.81. The minimum atomic E-state index is -2.79. The molecule has 0 radical (unpaired) electrons. The summed E-state index contributed by atoms with van der Waals surface area (Å²) < 4.78 is 34.0. The van der Waals surface area contributed by atoms with Crippen molar-refractivity contribution in [2.24, 2.45) is 0 Å². The van der Waals surface area contributed by atoms with E-state index in [9.17, 15) is 13.9 Å². The summed E-state index contributed by atoms with van der Waals surface area (Å²) in [6.45, 7) is 0.0943. The lowest BCUT2D eigenvalue weighted by atomic mass is 10.3. The molecule has 0 amide bonds. The van der Waals surface area contributed by atoms with Gasteiger partial charge in [-0.15, -0.1) is 0 Å². The molecule has 0 aliphatic heterocycles. The molecule has 0 bridgehead atoms. The number of furan rings is 1. The van der Waals surface area contributed by atoms with Crippen molar-refractivity contribution < 1.29 is 28.1 Å². The molecule has 7 heteroatoms. The number of hydrogen-bond acceptors (Lipinski definition) is 5. The molecule has 0 aliphatic carbocycles. The van der Waals surface area contributed by atoms with Crippen LogP contribution in [0.1, 0.15) is 5.76 Å². The second-order valence-electron chi connectivity index (χ2n) is 3.81. The van der Waals surface area contributed by atoms with Crippen LogP contribution in [0.15, 0.2) is 22.8 Å². The van der Waals surface area contributed by atoms with Crippen LogP contribution in [0.4, 0.5) is 8.78 Å². The van der Waals surface area contributed by atoms with Crippen molar-refractivity contribution in [2.45, 2.75) is 25.2 Å². The van der Waals surface area contributed by atoms with E-state index in [0.29, 0.717) is 5.76 Å². The van der Waals surface area contributed by atoms with Gasteiger partial charge in [0.2, 0.25) is 0 Å². The third-order valence-corrected chi connectivity index (χ3v) is 2.16. The Morgan fingerprint density at radius 3 is 2.72 bits per heavy atom. The number of halogens is 2. The standard InChI is InChI=1S/C11H17F2NO4/c12-11(13)10(16)5-14-4-8(15)6-17-7-9-2-1-3-18-9/h1-3,8,10-11,14-16H,4-7H2. The topological polar surface area (TPSA) is 74.9 Å². The van der Waals surface area contributed by atoms with E-state index in [0.717, 1.165) is 0 Å². The predicted octanol–water partition coefficient (Wildman–Crippen LogP) is 0.373. The molecule has 2 unspecified atom stereocenters. The molecule has 0 fully saturated rings. The highest BCUT2D eigenvalue weighted by molar-refractivity contribution is 4.96. The molecule has 18 heavy (non-hydrogen) atoms. The fourth-order valence-corrected chi connectivity index (χ4v) is 1.24. The van der Waals surface area contributed by atoms with Crippen molar-refractivity contribution in [2.75, 3.05) is 19.7 Å². The Morgan fingerprint density at radius 1 is 1.33 bits per heavy atom. The monoisotopic (exact) mass is 265 g/mol. The van der Waals surface area contributed by atoms with Crippen LogP contribution in [0.25, 0.3) is 0 Å². The Kier molecular flexibility index (Phi) is 6.81. The molecule has 0 aromatic carbocycles. The van der Waals surface area contributed by atoms with Crippen molar-refractivity contribution in [1.29, 1.82) is 0 Å². The molecule has 1 rings (SSSR count). The molecule has 0 saturated heterocycles. The first-order chi connectivity index (χ1) is 8.59. The lowest BCUT2D eigenvalue weighted by Gasteiger charge is -2.14. The van der Waals surface area contributed by atoms with Crippen molar-refractivity contribution in [3.8, 4) is 0 Å². The van der Waals surface area contributed by atoms with Gasteiger partial charge >= 0.3 is 0 Å². The summed E-state index contributed by atoms with van der Waals surface area (Å²) in [5, 5.41) is 20.8.